The maximum atomic E-state index is 6.27. The summed E-state index contributed by atoms with van der Waals surface area (Å²) in [5.74, 6) is 0.925. The van der Waals surface area contributed by atoms with Crippen LogP contribution in [0.1, 0.15) is 33.9 Å². The monoisotopic (exact) mass is 303 g/mol. The van der Waals surface area contributed by atoms with E-state index in [0.717, 1.165) is 21.9 Å². The highest BCUT2D eigenvalue weighted by Gasteiger charge is 2.18. The van der Waals surface area contributed by atoms with Crippen molar-refractivity contribution in [2.24, 2.45) is 0 Å². The Balaban J connectivity index is 2.57. The van der Waals surface area contributed by atoms with Gasteiger partial charge in [-0.3, -0.25) is 0 Å². The minimum Gasteiger partial charge on any atom is -0.496 e. The summed E-state index contributed by atoms with van der Waals surface area (Å²) >= 11 is 6.27. The van der Waals surface area contributed by atoms with Crippen molar-refractivity contribution in [3.05, 3.63) is 63.2 Å². The van der Waals surface area contributed by atoms with Crippen LogP contribution in [0.25, 0.3) is 0 Å². The summed E-state index contributed by atoms with van der Waals surface area (Å²) in [4.78, 5) is 0. The van der Waals surface area contributed by atoms with E-state index in [9.17, 15) is 0 Å². The molecule has 0 heterocycles. The van der Waals surface area contributed by atoms with Crippen molar-refractivity contribution in [2.75, 3.05) is 14.2 Å². The molecule has 21 heavy (non-hydrogen) atoms. The lowest BCUT2D eigenvalue weighted by Gasteiger charge is -2.23. The molecule has 0 saturated heterocycles. The second-order valence-corrected chi connectivity index (χ2v) is 5.76. The van der Waals surface area contributed by atoms with Gasteiger partial charge in [-0.15, -0.1) is 0 Å². The number of ether oxygens (including phenoxy) is 1. The molecule has 0 radical (unpaired) electrons. The van der Waals surface area contributed by atoms with Gasteiger partial charge in [0, 0.05) is 5.02 Å². The minimum absolute atomic E-state index is 0.119. The highest BCUT2D eigenvalue weighted by molar-refractivity contribution is 6.31. The lowest BCUT2D eigenvalue weighted by molar-refractivity contribution is 0.411. The average molecular weight is 304 g/mol. The van der Waals surface area contributed by atoms with E-state index >= 15 is 0 Å². The molecular weight excluding hydrogens is 282 g/mol. The van der Waals surface area contributed by atoms with E-state index in [2.05, 4.69) is 44.3 Å². The Hall–Kier alpha value is -1.51. The smallest absolute Gasteiger partial charge is 0.122 e. The van der Waals surface area contributed by atoms with E-state index in [4.69, 9.17) is 16.3 Å². The zero-order valence-corrected chi connectivity index (χ0v) is 14.0. The summed E-state index contributed by atoms with van der Waals surface area (Å²) in [5, 5.41) is 4.21. The van der Waals surface area contributed by atoms with Gasteiger partial charge in [0.1, 0.15) is 5.75 Å². The average Bonchev–Trinajstić information content (AvgIpc) is 2.47. The lowest BCUT2D eigenvalue weighted by atomic mass is 9.91. The van der Waals surface area contributed by atoms with Gasteiger partial charge in [0.15, 0.2) is 0 Å². The number of hydrogen-bond acceptors (Lipinski definition) is 2. The molecule has 0 spiro atoms. The van der Waals surface area contributed by atoms with Gasteiger partial charge in [0.2, 0.25) is 0 Å². The largest absolute Gasteiger partial charge is 0.496 e. The lowest BCUT2D eigenvalue weighted by Crippen LogP contribution is -2.20. The van der Waals surface area contributed by atoms with Crippen LogP contribution < -0.4 is 10.1 Å². The van der Waals surface area contributed by atoms with Crippen molar-refractivity contribution >= 4 is 11.6 Å². The molecule has 1 N–H and O–H groups in total. The molecule has 0 aliphatic heterocycles. The molecule has 2 aromatic rings. The van der Waals surface area contributed by atoms with E-state index in [-0.39, 0.29) is 6.04 Å². The molecule has 0 bridgehead atoms. The van der Waals surface area contributed by atoms with Crippen molar-refractivity contribution in [2.45, 2.75) is 26.8 Å². The van der Waals surface area contributed by atoms with E-state index in [1.54, 1.807) is 7.11 Å². The number of halogens is 1. The van der Waals surface area contributed by atoms with Crippen molar-refractivity contribution < 1.29 is 4.74 Å². The molecule has 2 aromatic carbocycles. The Labute approximate surface area is 132 Å². The molecule has 1 unspecified atom stereocenters. The van der Waals surface area contributed by atoms with Gasteiger partial charge in [0.05, 0.1) is 13.2 Å². The van der Waals surface area contributed by atoms with E-state index < -0.39 is 0 Å². The summed E-state index contributed by atoms with van der Waals surface area (Å²) < 4.78 is 5.40. The maximum absolute atomic E-state index is 6.27. The highest BCUT2D eigenvalue weighted by atomic mass is 35.5. The Kier molecular flexibility index (Phi) is 4.92. The van der Waals surface area contributed by atoms with Gasteiger partial charge in [0.25, 0.3) is 0 Å². The Morgan fingerprint density at radius 2 is 1.76 bits per heavy atom. The van der Waals surface area contributed by atoms with Gasteiger partial charge in [-0.1, -0.05) is 29.8 Å². The van der Waals surface area contributed by atoms with E-state index in [1.807, 2.05) is 19.2 Å². The van der Waals surface area contributed by atoms with E-state index in [1.165, 1.54) is 16.7 Å². The van der Waals surface area contributed by atoms with Crippen molar-refractivity contribution in [3.8, 4) is 5.75 Å². The van der Waals surface area contributed by atoms with Crippen LogP contribution in [-0.4, -0.2) is 14.2 Å². The molecule has 3 heteroatoms. The molecule has 1 atom stereocenters. The van der Waals surface area contributed by atoms with Crippen LogP contribution in [-0.2, 0) is 0 Å². The van der Waals surface area contributed by atoms with Crippen molar-refractivity contribution in [3.63, 3.8) is 0 Å². The molecule has 0 saturated carbocycles. The number of rotatable bonds is 4. The van der Waals surface area contributed by atoms with Gasteiger partial charge in [-0.05, 0) is 67.8 Å². The summed E-state index contributed by atoms with van der Waals surface area (Å²) in [7, 11) is 3.68. The third-order valence-corrected chi connectivity index (χ3v) is 4.41. The summed E-state index contributed by atoms with van der Waals surface area (Å²) in [6.45, 7) is 6.24. The molecule has 0 amide bonds. The highest BCUT2D eigenvalue weighted by Crippen LogP contribution is 2.33. The minimum atomic E-state index is 0.119. The van der Waals surface area contributed by atoms with Crippen LogP contribution in [0.3, 0.4) is 0 Å². The number of aryl methyl sites for hydroxylation is 2. The predicted octanol–water partition coefficient (Wildman–Crippen LogP) is 4.58. The fraction of sp³-hybridized carbons (Fsp3) is 0.333. The summed E-state index contributed by atoms with van der Waals surface area (Å²) in [6, 6.07) is 10.5. The quantitative estimate of drug-likeness (QED) is 0.892. The summed E-state index contributed by atoms with van der Waals surface area (Å²) in [6.07, 6.45) is 0. The maximum Gasteiger partial charge on any atom is 0.122 e. The molecule has 0 fully saturated rings. The summed E-state index contributed by atoms with van der Waals surface area (Å²) in [5.41, 5.74) is 5.92. The first kappa shape index (κ1) is 15.9. The van der Waals surface area contributed by atoms with Crippen molar-refractivity contribution in [1.29, 1.82) is 0 Å². The molecule has 0 aromatic heterocycles. The van der Waals surface area contributed by atoms with Crippen LogP contribution in [0.4, 0.5) is 0 Å². The normalized spacial score (nSPS) is 12.3. The fourth-order valence-corrected chi connectivity index (χ4v) is 2.94. The number of benzene rings is 2. The number of methoxy groups -OCH3 is 1. The van der Waals surface area contributed by atoms with Crippen LogP contribution in [0.15, 0.2) is 30.3 Å². The second kappa shape index (κ2) is 6.50. The topological polar surface area (TPSA) is 21.3 Å². The van der Waals surface area contributed by atoms with E-state index in [0.29, 0.717) is 0 Å². The van der Waals surface area contributed by atoms with Gasteiger partial charge < -0.3 is 10.1 Å². The second-order valence-electron chi connectivity index (χ2n) is 5.35. The Morgan fingerprint density at radius 1 is 1.05 bits per heavy atom. The standard InChI is InChI=1S/C18H22ClNO/c1-11-10-17(21-5)12(2)9-15(11)18(20-4)14-7-6-8-16(19)13(14)3/h6-10,18,20H,1-5H3. The van der Waals surface area contributed by atoms with Gasteiger partial charge in [-0.25, -0.2) is 0 Å². The first-order valence-electron chi connectivity index (χ1n) is 7.07. The number of hydrogen-bond donors (Lipinski definition) is 1. The molecule has 2 nitrogen and oxygen atoms in total. The first-order valence-corrected chi connectivity index (χ1v) is 7.44. The SMILES string of the molecule is CNC(c1cc(C)c(OC)cc1C)c1cccc(Cl)c1C. The molecule has 0 aliphatic carbocycles. The third-order valence-electron chi connectivity index (χ3n) is 4.00. The zero-order valence-electron chi connectivity index (χ0n) is 13.3. The molecule has 2 rings (SSSR count). The van der Waals surface area contributed by atoms with Crippen LogP contribution in [0.5, 0.6) is 5.75 Å². The fourth-order valence-electron chi connectivity index (χ4n) is 2.76. The zero-order chi connectivity index (χ0) is 15.6. The Morgan fingerprint density at radius 3 is 2.38 bits per heavy atom. The van der Waals surface area contributed by atoms with Crippen LogP contribution >= 0.6 is 11.6 Å². The number of nitrogens with one attached hydrogen (secondary N) is 1. The molecule has 0 aliphatic rings. The molecule has 112 valence electrons. The van der Waals surface area contributed by atoms with Crippen molar-refractivity contribution in [1.82, 2.24) is 5.32 Å². The molecular formula is C18H22ClNO. The first-order chi connectivity index (χ1) is 9.99. The third kappa shape index (κ3) is 3.07. The predicted molar refractivity (Wildman–Crippen MR) is 89.6 cm³/mol. The van der Waals surface area contributed by atoms with Crippen LogP contribution in [0, 0.1) is 20.8 Å². The van der Waals surface area contributed by atoms with Crippen LogP contribution in [0.2, 0.25) is 5.02 Å². The van der Waals surface area contributed by atoms with Gasteiger partial charge >= 0.3 is 0 Å². The van der Waals surface area contributed by atoms with Gasteiger partial charge in [-0.2, -0.15) is 0 Å². The Bertz CT molecular complexity index is 652.